The molecule has 0 fully saturated rings. The fraction of sp³-hybridized carbons (Fsp3) is 0.0667. The van der Waals surface area contributed by atoms with Gasteiger partial charge >= 0.3 is 5.97 Å². The number of aromatic carboxylic acids is 1. The Morgan fingerprint density at radius 1 is 1.00 bits per heavy atom. The van der Waals surface area contributed by atoms with E-state index in [1.165, 1.54) is 23.9 Å². The van der Waals surface area contributed by atoms with Gasteiger partial charge in [0.1, 0.15) is 6.61 Å². The van der Waals surface area contributed by atoms with Gasteiger partial charge in [-0.1, -0.05) is 54.6 Å². The van der Waals surface area contributed by atoms with Gasteiger partial charge in [-0.25, -0.2) is 9.78 Å². The first kappa shape index (κ1) is 25.9. The molecule has 0 aliphatic heterocycles. The number of carbonyl (C=O) groups is 1. The van der Waals surface area contributed by atoms with Crippen molar-refractivity contribution in [1.82, 2.24) is 9.66 Å². The normalized spacial score (nSPS) is 11.1. The standard InChI is InChI=1S/C30H22BrN3O5/c1-38-26-15-22(24(31)16-27(26)39-18-19-11-13-21(14-12-19)30(36)37)17-32-34-28(20-7-3-2-4-8-20)33-25-10-6-5-9-23(25)29(34)35/h2-17H,18H2,1H3,(H,36,37). The summed E-state index contributed by atoms with van der Waals surface area (Å²) in [6.07, 6.45) is 1.56. The van der Waals surface area contributed by atoms with Gasteiger partial charge in [0.25, 0.3) is 5.56 Å². The molecule has 1 aromatic heterocycles. The summed E-state index contributed by atoms with van der Waals surface area (Å²) in [6, 6.07) is 26.5. The number of benzene rings is 4. The fourth-order valence-electron chi connectivity index (χ4n) is 3.95. The molecule has 1 heterocycles. The summed E-state index contributed by atoms with van der Waals surface area (Å²) in [5.74, 6) is 0.392. The second-order valence-electron chi connectivity index (χ2n) is 8.50. The Labute approximate surface area is 231 Å². The van der Waals surface area contributed by atoms with Gasteiger partial charge in [-0.3, -0.25) is 4.79 Å². The third-order valence-electron chi connectivity index (χ3n) is 5.98. The second-order valence-corrected chi connectivity index (χ2v) is 9.35. The van der Waals surface area contributed by atoms with E-state index in [4.69, 9.17) is 19.6 Å². The van der Waals surface area contributed by atoms with Crippen LogP contribution in [0.5, 0.6) is 11.5 Å². The molecule has 0 aliphatic rings. The highest BCUT2D eigenvalue weighted by Crippen LogP contribution is 2.33. The molecule has 0 bridgehead atoms. The van der Waals surface area contributed by atoms with Crippen LogP contribution in [0.1, 0.15) is 21.5 Å². The highest BCUT2D eigenvalue weighted by molar-refractivity contribution is 9.10. The molecule has 1 N–H and O–H groups in total. The summed E-state index contributed by atoms with van der Waals surface area (Å²) in [5.41, 5.74) is 2.74. The Bertz CT molecular complexity index is 1750. The number of methoxy groups -OCH3 is 1. The third kappa shape index (κ3) is 5.58. The average Bonchev–Trinajstić information content (AvgIpc) is 2.96. The Morgan fingerprint density at radius 2 is 1.72 bits per heavy atom. The maximum atomic E-state index is 13.4. The molecule has 5 rings (SSSR count). The van der Waals surface area contributed by atoms with E-state index in [2.05, 4.69) is 21.0 Å². The number of para-hydroxylation sites is 1. The first-order valence-corrected chi connectivity index (χ1v) is 12.7. The van der Waals surface area contributed by atoms with Gasteiger partial charge in [0.15, 0.2) is 17.3 Å². The van der Waals surface area contributed by atoms with Crippen LogP contribution < -0.4 is 15.0 Å². The van der Waals surface area contributed by atoms with Crippen molar-refractivity contribution in [3.63, 3.8) is 0 Å². The van der Waals surface area contributed by atoms with Crippen LogP contribution in [0.15, 0.2) is 105 Å². The van der Waals surface area contributed by atoms with Crippen LogP contribution in [0.4, 0.5) is 0 Å². The smallest absolute Gasteiger partial charge is 0.335 e. The Kier molecular flexibility index (Phi) is 7.51. The lowest BCUT2D eigenvalue weighted by molar-refractivity contribution is 0.0697. The minimum atomic E-state index is -0.983. The van der Waals surface area contributed by atoms with Crippen LogP contribution in [0, 0.1) is 0 Å². The molecule has 5 aromatic rings. The van der Waals surface area contributed by atoms with Crippen molar-refractivity contribution >= 4 is 39.0 Å². The monoisotopic (exact) mass is 583 g/mol. The minimum absolute atomic E-state index is 0.207. The zero-order valence-corrected chi connectivity index (χ0v) is 22.3. The van der Waals surface area contributed by atoms with E-state index in [1.54, 1.807) is 48.7 Å². The third-order valence-corrected chi connectivity index (χ3v) is 6.66. The molecule has 0 radical (unpaired) electrons. The molecular formula is C30H22BrN3O5. The predicted octanol–water partition coefficient (Wildman–Crippen LogP) is 5.99. The van der Waals surface area contributed by atoms with Crippen LogP contribution in [-0.2, 0) is 6.61 Å². The van der Waals surface area contributed by atoms with Crippen molar-refractivity contribution in [2.24, 2.45) is 5.10 Å². The van der Waals surface area contributed by atoms with Gasteiger partial charge in [-0.2, -0.15) is 9.78 Å². The maximum absolute atomic E-state index is 13.4. The van der Waals surface area contributed by atoms with E-state index in [-0.39, 0.29) is 17.7 Å². The largest absolute Gasteiger partial charge is 0.493 e. The summed E-state index contributed by atoms with van der Waals surface area (Å²) in [4.78, 5) is 29.2. The lowest BCUT2D eigenvalue weighted by atomic mass is 10.1. The van der Waals surface area contributed by atoms with E-state index in [0.29, 0.717) is 38.3 Å². The van der Waals surface area contributed by atoms with Crippen molar-refractivity contribution in [2.75, 3.05) is 7.11 Å². The quantitative estimate of drug-likeness (QED) is 0.225. The highest BCUT2D eigenvalue weighted by Gasteiger charge is 2.14. The van der Waals surface area contributed by atoms with Gasteiger partial charge in [-0.05, 0) is 57.9 Å². The van der Waals surface area contributed by atoms with E-state index in [1.807, 2.05) is 36.4 Å². The number of hydrogen-bond donors (Lipinski definition) is 1. The van der Waals surface area contributed by atoms with E-state index < -0.39 is 5.97 Å². The summed E-state index contributed by atoms with van der Waals surface area (Å²) in [7, 11) is 1.53. The van der Waals surface area contributed by atoms with Gasteiger partial charge < -0.3 is 14.6 Å². The molecule has 9 heteroatoms. The fourth-order valence-corrected chi connectivity index (χ4v) is 4.38. The van der Waals surface area contributed by atoms with Crippen LogP contribution in [0.2, 0.25) is 0 Å². The van der Waals surface area contributed by atoms with Gasteiger partial charge in [0, 0.05) is 15.6 Å². The molecule has 194 valence electrons. The van der Waals surface area contributed by atoms with Crippen molar-refractivity contribution in [3.05, 3.63) is 123 Å². The lowest BCUT2D eigenvalue weighted by Gasteiger charge is -2.13. The average molecular weight is 584 g/mol. The highest BCUT2D eigenvalue weighted by atomic mass is 79.9. The van der Waals surface area contributed by atoms with Gasteiger partial charge in [-0.15, -0.1) is 0 Å². The summed E-state index contributed by atoms with van der Waals surface area (Å²) in [6.45, 7) is 0.217. The van der Waals surface area contributed by atoms with Crippen molar-refractivity contribution in [2.45, 2.75) is 6.61 Å². The zero-order chi connectivity index (χ0) is 27.4. The number of carboxylic acid groups (broad SMARTS) is 1. The maximum Gasteiger partial charge on any atom is 0.335 e. The predicted molar refractivity (Wildman–Crippen MR) is 153 cm³/mol. The molecule has 0 spiro atoms. The Morgan fingerprint density at radius 3 is 2.44 bits per heavy atom. The number of rotatable bonds is 8. The first-order chi connectivity index (χ1) is 18.9. The number of aromatic nitrogens is 2. The summed E-state index contributed by atoms with van der Waals surface area (Å²) in [5, 5.41) is 14.1. The number of nitrogens with zero attached hydrogens (tertiary/aromatic N) is 3. The number of hydrogen-bond acceptors (Lipinski definition) is 6. The number of ether oxygens (including phenoxy) is 2. The van der Waals surface area contributed by atoms with Crippen LogP contribution >= 0.6 is 15.9 Å². The molecule has 0 amide bonds. The molecule has 8 nitrogen and oxygen atoms in total. The van der Waals surface area contributed by atoms with Crippen LogP contribution in [-0.4, -0.2) is 34.1 Å². The molecule has 39 heavy (non-hydrogen) atoms. The topological polar surface area (TPSA) is 103 Å². The molecule has 4 aromatic carbocycles. The van der Waals surface area contributed by atoms with Crippen molar-refractivity contribution in [3.8, 4) is 22.9 Å². The number of fused-ring (bicyclic) bond motifs is 1. The van der Waals surface area contributed by atoms with E-state index >= 15 is 0 Å². The molecule has 0 saturated carbocycles. The lowest BCUT2D eigenvalue weighted by Crippen LogP contribution is -2.20. The van der Waals surface area contributed by atoms with E-state index in [0.717, 1.165) is 11.1 Å². The number of halogens is 1. The summed E-state index contributed by atoms with van der Waals surface area (Å²) >= 11 is 3.56. The second kappa shape index (κ2) is 11.3. The molecular weight excluding hydrogens is 562 g/mol. The zero-order valence-electron chi connectivity index (χ0n) is 20.7. The first-order valence-electron chi connectivity index (χ1n) is 11.9. The van der Waals surface area contributed by atoms with Crippen molar-refractivity contribution in [1.29, 1.82) is 0 Å². The van der Waals surface area contributed by atoms with E-state index in [9.17, 15) is 9.59 Å². The molecule has 0 saturated heterocycles. The number of carboxylic acids is 1. The SMILES string of the molecule is COc1cc(C=Nn2c(-c3ccccc3)nc3ccccc3c2=O)c(Br)cc1OCc1ccc(C(=O)O)cc1. The summed E-state index contributed by atoms with van der Waals surface area (Å²) < 4.78 is 13.5. The van der Waals surface area contributed by atoms with Gasteiger partial charge in [0.2, 0.25) is 0 Å². The Hall–Kier alpha value is -4.76. The van der Waals surface area contributed by atoms with Crippen LogP contribution in [0.3, 0.4) is 0 Å². The molecule has 0 aliphatic carbocycles. The minimum Gasteiger partial charge on any atom is -0.493 e. The van der Waals surface area contributed by atoms with Crippen LogP contribution in [0.25, 0.3) is 22.3 Å². The van der Waals surface area contributed by atoms with Gasteiger partial charge in [0.05, 0.1) is 29.8 Å². The molecule has 0 atom stereocenters. The van der Waals surface area contributed by atoms with Crippen molar-refractivity contribution < 1.29 is 19.4 Å². The molecule has 0 unspecified atom stereocenters. The Balaban J connectivity index is 1.47.